The summed E-state index contributed by atoms with van der Waals surface area (Å²) >= 11 is 0. The molecule has 0 spiro atoms. The highest BCUT2D eigenvalue weighted by Gasteiger charge is 2.40. The Bertz CT molecular complexity index is 336. The summed E-state index contributed by atoms with van der Waals surface area (Å²) in [5, 5.41) is 3.63. The molecular formula is C22H51NO4Si2. The van der Waals surface area contributed by atoms with Gasteiger partial charge in [0.05, 0.1) is 0 Å². The van der Waals surface area contributed by atoms with Gasteiger partial charge in [-0.25, -0.2) is 0 Å². The molecule has 0 unspecified atom stereocenters. The Hall–Kier alpha value is 0.234. The van der Waals surface area contributed by atoms with Crippen molar-refractivity contribution in [2.75, 3.05) is 39.5 Å². The van der Waals surface area contributed by atoms with Gasteiger partial charge < -0.3 is 23.0 Å². The first kappa shape index (κ1) is 29.2. The van der Waals surface area contributed by atoms with Gasteiger partial charge in [0.2, 0.25) is 0 Å². The molecule has 0 rings (SSSR count). The minimum Gasteiger partial charge on any atom is -0.417 e. The summed E-state index contributed by atoms with van der Waals surface area (Å²) in [6, 6.07) is 4.64. The maximum Gasteiger partial charge on any atom is 0.501 e. The number of hydrogen-bond acceptors (Lipinski definition) is 5. The van der Waals surface area contributed by atoms with Crippen LogP contribution < -0.4 is 5.32 Å². The van der Waals surface area contributed by atoms with Crippen LogP contribution in [0.5, 0.6) is 0 Å². The molecule has 7 heteroatoms. The molecule has 0 amide bonds. The van der Waals surface area contributed by atoms with Gasteiger partial charge in [-0.1, -0.05) is 41.5 Å². The number of hydrogen-bond donors (Lipinski definition) is 1. The molecule has 0 aromatic rings. The molecule has 0 saturated carbocycles. The van der Waals surface area contributed by atoms with E-state index in [0.29, 0.717) is 0 Å². The molecule has 0 aromatic carbocycles. The third-order valence-corrected chi connectivity index (χ3v) is 12.9. The van der Waals surface area contributed by atoms with E-state index in [4.69, 9.17) is 17.7 Å². The van der Waals surface area contributed by atoms with Gasteiger partial charge >= 0.3 is 8.80 Å². The van der Waals surface area contributed by atoms with Crippen LogP contribution in [0, 0.1) is 0 Å². The third kappa shape index (κ3) is 13.3. The summed E-state index contributed by atoms with van der Waals surface area (Å²) in [6.07, 6.45) is 6.37. The first-order chi connectivity index (χ1) is 14.1. The SMILES string of the molecule is CCCO[Si](CC)(CC)CCCNCCC[Si](OCCC)(OCCC)OCCC. The van der Waals surface area contributed by atoms with Crippen molar-refractivity contribution in [3.8, 4) is 0 Å². The zero-order chi connectivity index (χ0) is 21.8. The summed E-state index contributed by atoms with van der Waals surface area (Å²) in [5.41, 5.74) is 0. The summed E-state index contributed by atoms with van der Waals surface area (Å²) < 4.78 is 24.9. The normalized spacial score (nSPS) is 12.6. The van der Waals surface area contributed by atoms with E-state index in [2.05, 4.69) is 46.9 Å². The second-order valence-corrected chi connectivity index (χ2v) is 15.2. The average molecular weight is 450 g/mol. The maximum atomic E-state index is 6.33. The van der Waals surface area contributed by atoms with E-state index < -0.39 is 17.1 Å². The van der Waals surface area contributed by atoms with E-state index in [0.717, 1.165) is 77.7 Å². The Morgan fingerprint density at radius 1 is 0.552 bits per heavy atom. The Balaban J connectivity index is 4.34. The fourth-order valence-corrected chi connectivity index (χ4v) is 9.46. The van der Waals surface area contributed by atoms with E-state index in [9.17, 15) is 0 Å². The van der Waals surface area contributed by atoms with Crippen molar-refractivity contribution in [3.05, 3.63) is 0 Å². The van der Waals surface area contributed by atoms with Crippen molar-refractivity contribution in [2.24, 2.45) is 0 Å². The molecule has 0 radical (unpaired) electrons. The predicted octanol–water partition coefficient (Wildman–Crippen LogP) is 5.99. The van der Waals surface area contributed by atoms with Crippen LogP contribution in [0.25, 0.3) is 0 Å². The van der Waals surface area contributed by atoms with Gasteiger partial charge in [-0.05, 0) is 69.7 Å². The monoisotopic (exact) mass is 449 g/mol. The molecule has 176 valence electrons. The van der Waals surface area contributed by atoms with Crippen LogP contribution in [0.2, 0.25) is 24.2 Å². The molecule has 0 saturated heterocycles. The lowest BCUT2D eigenvalue weighted by atomic mass is 10.4. The van der Waals surface area contributed by atoms with Crippen molar-refractivity contribution < 1.29 is 17.7 Å². The van der Waals surface area contributed by atoms with Crippen LogP contribution in [0.15, 0.2) is 0 Å². The highest BCUT2D eigenvalue weighted by atomic mass is 28.4. The van der Waals surface area contributed by atoms with Crippen LogP contribution in [0.1, 0.15) is 80.1 Å². The molecule has 0 heterocycles. The quantitative estimate of drug-likeness (QED) is 0.162. The minimum atomic E-state index is -2.54. The van der Waals surface area contributed by atoms with Gasteiger partial charge in [-0.15, -0.1) is 0 Å². The van der Waals surface area contributed by atoms with E-state index in [1.807, 2.05) is 0 Å². The van der Waals surface area contributed by atoms with E-state index >= 15 is 0 Å². The van der Waals surface area contributed by atoms with Crippen LogP contribution >= 0.6 is 0 Å². The summed E-state index contributed by atoms with van der Waals surface area (Å²) in [7, 11) is -4.04. The Labute approximate surface area is 184 Å². The predicted molar refractivity (Wildman–Crippen MR) is 129 cm³/mol. The topological polar surface area (TPSA) is 49.0 Å². The van der Waals surface area contributed by atoms with E-state index in [-0.39, 0.29) is 0 Å². The third-order valence-electron chi connectivity index (χ3n) is 5.30. The van der Waals surface area contributed by atoms with Crippen molar-refractivity contribution in [3.63, 3.8) is 0 Å². The van der Waals surface area contributed by atoms with Gasteiger partial charge in [-0.2, -0.15) is 0 Å². The lowest BCUT2D eigenvalue weighted by molar-refractivity contribution is 0.0588. The van der Waals surface area contributed by atoms with Crippen molar-refractivity contribution >= 4 is 17.1 Å². The van der Waals surface area contributed by atoms with Gasteiger partial charge in [0, 0.05) is 32.5 Å². The van der Waals surface area contributed by atoms with Crippen LogP contribution in [0.3, 0.4) is 0 Å². The molecular weight excluding hydrogens is 398 g/mol. The molecule has 0 aliphatic heterocycles. The molecule has 0 atom stereocenters. The molecule has 0 aromatic heterocycles. The minimum absolute atomic E-state index is 0.728. The lowest BCUT2D eigenvalue weighted by Gasteiger charge is -2.30. The second-order valence-electron chi connectivity index (χ2n) is 7.92. The fourth-order valence-electron chi connectivity index (χ4n) is 3.40. The summed E-state index contributed by atoms with van der Waals surface area (Å²) in [4.78, 5) is 0. The Kier molecular flexibility index (Phi) is 19.1. The second kappa shape index (κ2) is 19.0. The zero-order valence-corrected chi connectivity index (χ0v) is 22.4. The highest BCUT2D eigenvalue weighted by molar-refractivity contribution is 6.73. The molecule has 0 fully saturated rings. The maximum absolute atomic E-state index is 6.33. The van der Waals surface area contributed by atoms with Crippen LogP contribution in [-0.4, -0.2) is 56.6 Å². The molecule has 0 aliphatic carbocycles. The van der Waals surface area contributed by atoms with Gasteiger partial charge in [0.15, 0.2) is 8.32 Å². The first-order valence-corrected chi connectivity index (χ1v) is 16.8. The van der Waals surface area contributed by atoms with Crippen molar-refractivity contribution in [2.45, 2.75) is 104 Å². The molecule has 0 bridgehead atoms. The van der Waals surface area contributed by atoms with Crippen molar-refractivity contribution in [1.29, 1.82) is 0 Å². The lowest BCUT2D eigenvalue weighted by Crippen LogP contribution is -2.47. The van der Waals surface area contributed by atoms with Crippen LogP contribution in [-0.2, 0) is 17.7 Å². The number of nitrogens with one attached hydrogen (secondary N) is 1. The average Bonchev–Trinajstić information content (AvgIpc) is 2.76. The largest absolute Gasteiger partial charge is 0.501 e. The smallest absolute Gasteiger partial charge is 0.417 e. The highest BCUT2D eigenvalue weighted by Crippen LogP contribution is 2.24. The van der Waals surface area contributed by atoms with E-state index in [1.54, 1.807) is 0 Å². The standard InChI is InChI=1S/C22H51NO4Si2/c1-7-17-24-28(11-5,12-6)21-13-15-23-16-14-22-29(25-18-8-2,26-19-9-3)27-20-10-4/h23H,7-22H2,1-6H3. The molecule has 5 nitrogen and oxygen atoms in total. The number of rotatable bonds is 22. The van der Waals surface area contributed by atoms with Gasteiger partial charge in [-0.3, -0.25) is 0 Å². The zero-order valence-electron chi connectivity index (χ0n) is 20.4. The molecule has 29 heavy (non-hydrogen) atoms. The Morgan fingerprint density at radius 2 is 0.966 bits per heavy atom. The van der Waals surface area contributed by atoms with Gasteiger partial charge in [0.25, 0.3) is 0 Å². The summed E-state index contributed by atoms with van der Waals surface area (Å²) in [5.74, 6) is 0. The van der Waals surface area contributed by atoms with Crippen molar-refractivity contribution in [1.82, 2.24) is 5.32 Å². The van der Waals surface area contributed by atoms with E-state index in [1.165, 1.54) is 24.6 Å². The van der Waals surface area contributed by atoms with Gasteiger partial charge in [0.1, 0.15) is 0 Å². The van der Waals surface area contributed by atoms with Crippen LogP contribution in [0.4, 0.5) is 0 Å². The summed E-state index contributed by atoms with van der Waals surface area (Å²) in [6.45, 7) is 18.4. The molecule has 0 aliphatic rings. The fraction of sp³-hybridized carbons (Fsp3) is 1.00. The first-order valence-electron chi connectivity index (χ1n) is 12.3. The Morgan fingerprint density at radius 3 is 1.38 bits per heavy atom. The molecule has 1 N–H and O–H groups in total.